The second kappa shape index (κ2) is 5.08. The van der Waals surface area contributed by atoms with Gasteiger partial charge in [0.1, 0.15) is 5.82 Å². The molecule has 0 aliphatic carbocycles. The summed E-state index contributed by atoms with van der Waals surface area (Å²) >= 11 is 0. The highest BCUT2D eigenvalue weighted by Gasteiger charge is 2.40. The summed E-state index contributed by atoms with van der Waals surface area (Å²) in [7, 11) is 0. The van der Waals surface area contributed by atoms with Crippen LogP contribution in [-0.4, -0.2) is 27.9 Å². The van der Waals surface area contributed by atoms with Gasteiger partial charge in [-0.1, -0.05) is 0 Å². The molecule has 0 N–H and O–H groups in total. The van der Waals surface area contributed by atoms with Crippen LogP contribution in [0.15, 0.2) is 22.5 Å². The molecule has 0 radical (unpaired) electrons. The Hall–Kier alpha value is -2.16. The summed E-state index contributed by atoms with van der Waals surface area (Å²) in [5, 5.41) is 12.3. The van der Waals surface area contributed by atoms with Gasteiger partial charge in [0.05, 0.1) is 6.20 Å². The maximum Gasteiger partial charge on any atom is 0.228 e. The van der Waals surface area contributed by atoms with E-state index in [-0.39, 0.29) is 11.6 Å². The molecule has 104 valence electrons. The number of carbonyl (C=O) groups is 1. The van der Waals surface area contributed by atoms with Crippen LogP contribution in [0.5, 0.6) is 0 Å². The zero-order valence-electron chi connectivity index (χ0n) is 11.3. The SMILES string of the molecule is C#CCCC1(CCC(=O)N2CCCn3nccc32)N=N1. The van der Waals surface area contributed by atoms with Crippen molar-refractivity contribution in [1.29, 1.82) is 0 Å². The molecule has 6 heteroatoms. The average molecular weight is 271 g/mol. The lowest BCUT2D eigenvalue weighted by atomic mass is 10.0. The first kappa shape index (κ1) is 12.9. The molecule has 3 rings (SSSR count). The number of anilines is 1. The smallest absolute Gasteiger partial charge is 0.228 e. The van der Waals surface area contributed by atoms with Crippen molar-refractivity contribution < 1.29 is 4.79 Å². The number of rotatable bonds is 5. The summed E-state index contributed by atoms with van der Waals surface area (Å²) in [4.78, 5) is 14.2. The number of amides is 1. The number of nitrogens with zero attached hydrogens (tertiary/aromatic N) is 5. The molecule has 6 nitrogen and oxygen atoms in total. The maximum absolute atomic E-state index is 12.4. The van der Waals surface area contributed by atoms with Crippen LogP contribution < -0.4 is 4.90 Å². The highest BCUT2D eigenvalue weighted by atomic mass is 16.2. The summed E-state index contributed by atoms with van der Waals surface area (Å²) in [5.74, 6) is 3.60. The van der Waals surface area contributed by atoms with E-state index in [0.29, 0.717) is 19.3 Å². The standard InChI is InChI=1S/C14H17N5O/c1-2-3-7-14(16-17-14)8-5-13(20)18-10-4-11-19-12(18)6-9-15-19/h1,6,9H,3-5,7-8,10-11H2. The lowest BCUT2D eigenvalue weighted by Gasteiger charge is -2.27. The van der Waals surface area contributed by atoms with E-state index in [1.807, 2.05) is 15.6 Å². The van der Waals surface area contributed by atoms with Crippen LogP contribution >= 0.6 is 0 Å². The van der Waals surface area contributed by atoms with Gasteiger partial charge in [-0.15, -0.1) is 12.3 Å². The second-order valence-corrected chi connectivity index (χ2v) is 5.20. The number of terminal acetylenes is 1. The molecule has 0 spiro atoms. The van der Waals surface area contributed by atoms with E-state index in [0.717, 1.165) is 31.7 Å². The third-order valence-electron chi connectivity index (χ3n) is 3.82. The molecule has 1 aromatic rings. The fourth-order valence-corrected chi connectivity index (χ4v) is 2.58. The first-order valence-electron chi connectivity index (χ1n) is 6.94. The van der Waals surface area contributed by atoms with Gasteiger partial charge in [-0.05, 0) is 6.42 Å². The third kappa shape index (κ3) is 2.44. The molecule has 0 bridgehead atoms. The minimum atomic E-state index is -0.377. The van der Waals surface area contributed by atoms with Crippen LogP contribution in [0.4, 0.5) is 5.82 Å². The summed E-state index contributed by atoms with van der Waals surface area (Å²) in [6.07, 6.45) is 10.4. The van der Waals surface area contributed by atoms with E-state index < -0.39 is 0 Å². The summed E-state index contributed by atoms with van der Waals surface area (Å²) in [6.45, 7) is 1.64. The minimum Gasteiger partial charge on any atom is -0.297 e. The van der Waals surface area contributed by atoms with E-state index in [1.165, 1.54) is 0 Å². The topological polar surface area (TPSA) is 62.9 Å². The highest BCUT2D eigenvalue weighted by molar-refractivity contribution is 5.92. The van der Waals surface area contributed by atoms with E-state index in [1.54, 1.807) is 6.20 Å². The van der Waals surface area contributed by atoms with Gasteiger partial charge < -0.3 is 0 Å². The average Bonchev–Trinajstić information content (AvgIpc) is 3.08. The zero-order chi connectivity index (χ0) is 14.0. The predicted molar refractivity (Wildman–Crippen MR) is 74.1 cm³/mol. The van der Waals surface area contributed by atoms with E-state index >= 15 is 0 Å². The molecule has 0 saturated heterocycles. The summed E-state index contributed by atoms with van der Waals surface area (Å²) in [5.41, 5.74) is -0.377. The number of hydrogen-bond donors (Lipinski definition) is 0. The Balaban J connectivity index is 1.58. The third-order valence-corrected chi connectivity index (χ3v) is 3.82. The van der Waals surface area contributed by atoms with Crippen molar-refractivity contribution in [3.63, 3.8) is 0 Å². The van der Waals surface area contributed by atoms with Crippen molar-refractivity contribution in [3.8, 4) is 12.3 Å². The number of fused-ring (bicyclic) bond motifs is 1. The Morgan fingerprint density at radius 3 is 3.00 bits per heavy atom. The Kier molecular flexibility index (Phi) is 3.26. The minimum absolute atomic E-state index is 0.115. The quantitative estimate of drug-likeness (QED) is 0.769. The van der Waals surface area contributed by atoms with E-state index in [4.69, 9.17) is 6.42 Å². The van der Waals surface area contributed by atoms with Crippen LogP contribution in [0.3, 0.4) is 0 Å². The van der Waals surface area contributed by atoms with Crippen LogP contribution in [0, 0.1) is 12.3 Å². The van der Waals surface area contributed by atoms with Gasteiger partial charge in [-0.25, -0.2) is 4.68 Å². The molecule has 2 aliphatic heterocycles. The van der Waals surface area contributed by atoms with Crippen molar-refractivity contribution in [2.45, 2.75) is 44.3 Å². The Morgan fingerprint density at radius 2 is 2.25 bits per heavy atom. The van der Waals surface area contributed by atoms with Gasteiger partial charge >= 0.3 is 0 Å². The summed E-state index contributed by atoms with van der Waals surface area (Å²) in [6, 6.07) is 1.89. The Bertz CT molecular complexity index is 577. The lowest BCUT2D eigenvalue weighted by Crippen LogP contribution is -2.38. The number of carbonyl (C=O) groups excluding carboxylic acids is 1. The number of aryl methyl sites for hydroxylation is 1. The summed E-state index contributed by atoms with van der Waals surface area (Å²) < 4.78 is 1.88. The molecule has 0 aromatic carbocycles. The molecule has 1 amide bonds. The van der Waals surface area contributed by atoms with Gasteiger partial charge in [0.25, 0.3) is 0 Å². The van der Waals surface area contributed by atoms with Gasteiger partial charge in [-0.2, -0.15) is 15.3 Å². The molecule has 0 atom stereocenters. The van der Waals surface area contributed by atoms with Gasteiger partial charge in [0.2, 0.25) is 5.91 Å². The predicted octanol–water partition coefficient (Wildman–Crippen LogP) is 1.98. The zero-order valence-corrected chi connectivity index (χ0v) is 11.3. The fraction of sp³-hybridized carbons (Fsp3) is 0.571. The molecule has 1 aromatic heterocycles. The molecule has 0 saturated carbocycles. The Morgan fingerprint density at radius 1 is 1.40 bits per heavy atom. The fourth-order valence-electron chi connectivity index (χ4n) is 2.58. The van der Waals surface area contributed by atoms with E-state index in [2.05, 4.69) is 21.2 Å². The lowest BCUT2D eigenvalue weighted by molar-refractivity contribution is -0.119. The molecule has 2 aliphatic rings. The molecule has 3 heterocycles. The van der Waals surface area contributed by atoms with Crippen molar-refractivity contribution in [3.05, 3.63) is 12.3 Å². The number of hydrogen-bond acceptors (Lipinski definition) is 4. The van der Waals surface area contributed by atoms with Gasteiger partial charge in [0, 0.05) is 44.8 Å². The highest BCUT2D eigenvalue weighted by Crippen LogP contribution is 2.38. The molecule has 0 unspecified atom stereocenters. The van der Waals surface area contributed by atoms with Crippen molar-refractivity contribution in [1.82, 2.24) is 9.78 Å². The largest absolute Gasteiger partial charge is 0.297 e. The van der Waals surface area contributed by atoms with Crippen LogP contribution in [0.25, 0.3) is 0 Å². The molecular formula is C14H17N5O. The van der Waals surface area contributed by atoms with Crippen molar-refractivity contribution in [2.24, 2.45) is 10.2 Å². The normalized spacial score (nSPS) is 18.4. The first-order chi connectivity index (χ1) is 9.74. The van der Waals surface area contributed by atoms with Crippen LogP contribution in [-0.2, 0) is 11.3 Å². The van der Waals surface area contributed by atoms with E-state index in [9.17, 15) is 4.79 Å². The molecule has 20 heavy (non-hydrogen) atoms. The van der Waals surface area contributed by atoms with Crippen molar-refractivity contribution in [2.75, 3.05) is 11.4 Å². The van der Waals surface area contributed by atoms with Gasteiger partial charge in [0.15, 0.2) is 5.66 Å². The molecule has 0 fully saturated rings. The maximum atomic E-state index is 12.4. The van der Waals surface area contributed by atoms with Crippen LogP contribution in [0.2, 0.25) is 0 Å². The van der Waals surface area contributed by atoms with Crippen molar-refractivity contribution >= 4 is 11.7 Å². The van der Waals surface area contributed by atoms with Gasteiger partial charge in [-0.3, -0.25) is 9.69 Å². The van der Waals surface area contributed by atoms with Crippen LogP contribution in [0.1, 0.15) is 32.1 Å². The number of aromatic nitrogens is 2. The Labute approximate surface area is 117 Å². The second-order valence-electron chi connectivity index (χ2n) is 5.20. The molecular weight excluding hydrogens is 254 g/mol. The monoisotopic (exact) mass is 271 g/mol. The first-order valence-corrected chi connectivity index (χ1v) is 6.94.